The maximum Gasteiger partial charge on any atom is 0.0715 e. The van der Waals surface area contributed by atoms with E-state index in [9.17, 15) is 0 Å². The molecule has 3 nitrogen and oxygen atoms in total. The van der Waals surface area contributed by atoms with Crippen LogP contribution in [0.3, 0.4) is 0 Å². The lowest BCUT2D eigenvalue weighted by Crippen LogP contribution is -1.94. The number of pyridine rings is 3. The highest BCUT2D eigenvalue weighted by Gasteiger charge is 2.16. The standard InChI is InChI=1S/C61H39N3/c1-3-17-48-38-62-58(34-42(48)15-1)52-31-50(32-53(33-52)59-35-43-16-2-4-18-49(43)39-63-59)51-36-60(46-23-9-21-44(29-46)56-27-11-19-40-13-5-7-25-54(40)56)64-61(37-51)47-24-10-22-45(30-47)57-28-12-20-41-14-6-8-26-55(41)57/h1-39H. The third-order valence-electron chi connectivity index (χ3n) is 12.5. The van der Waals surface area contributed by atoms with Crippen LogP contribution in [0, 0.1) is 0 Å². The number of hydrogen-bond acceptors (Lipinski definition) is 3. The number of benzene rings is 9. The van der Waals surface area contributed by atoms with Crippen LogP contribution in [-0.4, -0.2) is 15.0 Å². The lowest BCUT2D eigenvalue weighted by Gasteiger charge is -2.15. The zero-order valence-electron chi connectivity index (χ0n) is 34.9. The SMILES string of the molecule is c1cc(-c2cc(-c3cc(-c4cc5ccccc5cn4)cc(-c4cc5ccccc5cn4)c3)cc(-c3cccc(-c4cccc5ccccc45)c3)n2)cc(-c2cccc3ccccc23)c1. The van der Waals surface area contributed by atoms with E-state index in [1.807, 2.05) is 12.4 Å². The second-order valence-corrected chi connectivity index (χ2v) is 16.5. The molecule has 3 aromatic heterocycles. The summed E-state index contributed by atoms with van der Waals surface area (Å²) in [5.41, 5.74) is 14.5. The minimum absolute atomic E-state index is 0.893. The van der Waals surface area contributed by atoms with E-state index in [1.165, 1.54) is 32.7 Å². The molecule has 3 heterocycles. The average molecular weight is 814 g/mol. The lowest BCUT2D eigenvalue weighted by molar-refractivity contribution is 1.32. The summed E-state index contributed by atoms with van der Waals surface area (Å²) < 4.78 is 0. The fourth-order valence-electron chi connectivity index (χ4n) is 9.21. The van der Waals surface area contributed by atoms with Gasteiger partial charge < -0.3 is 0 Å². The molecule has 64 heavy (non-hydrogen) atoms. The summed E-state index contributed by atoms with van der Waals surface area (Å²) in [6.07, 6.45) is 3.94. The smallest absolute Gasteiger partial charge is 0.0715 e. The normalized spacial score (nSPS) is 11.4. The van der Waals surface area contributed by atoms with E-state index in [-0.39, 0.29) is 0 Å². The van der Waals surface area contributed by atoms with Crippen LogP contribution in [0.4, 0.5) is 0 Å². The first-order valence-electron chi connectivity index (χ1n) is 21.7. The van der Waals surface area contributed by atoms with E-state index in [4.69, 9.17) is 15.0 Å². The van der Waals surface area contributed by atoms with E-state index in [0.717, 1.165) is 88.8 Å². The largest absolute Gasteiger partial charge is 0.256 e. The maximum absolute atomic E-state index is 5.50. The molecule has 0 unspecified atom stereocenters. The number of aromatic nitrogens is 3. The van der Waals surface area contributed by atoms with Crippen molar-refractivity contribution in [2.24, 2.45) is 0 Å². The van der Waals surface area contributed by atoms with Gasteiger partial charge in [0.1, 0.15) is 0 Å². The van der Waals surface area contributed by atoms with Crippen molar-refractivity contribution in [2.45, 2.75) is 0 Å². The molecular formula is C61H39N3. The Labute approximate surface area is 371 Å². The van der Waals surface area contributed by atoms with Gasteiger partial charge >= 0.3 is 0 Å². The third-order valence-corrected chi connectivity index (χ3v) is 12.5. The fourth-order valence-corrected chi connectivity index (χ4v) is 9.21. The van der Waals surface area contributed by atoms with Gasteiger partial charge in [0.05, 0.1) is 22.8 Å². The zero-order chi connectivity index (χ0) is 42.4. The van der Waals surface area contributed by atoms with Gasteiger partial charge in [-0.25, -0.2) is 4.98 Å². The molecule has 0 saturated carbocycles. The number of rotatable bonds is 7. The predicted octanol–water partition coefficient (Wildman–Crippen LogP) is 16.2. The molecule has 0 radical (unpaired) electrons. The molecule has 0 aliphatic carbocycles. The van der Waals surface area contributed by atoms with E-state index in [2.05, 4.69) is 224 Å². The molecule has 0 aliphatic rings. The van der Waals surface area contributed by atoms with E-state index >= 15 is 0 Å². The predicted molar refractivity (Wildman–Crippen MR) is 268 cm³/mol. The van der Waals surface area contributed by atoms with Gasteiger partial charge in [0, 0.05) is 45.4 Å². The minimum Gasteiger partial charge on any atom is -0.256 e. The van der Waals surface area contributed by atoms with Crippen LogP contribution in [0.2, 0.25) is 0 Å². The Bertz CT molecular complexity index is 3510. The van der Waals surface area contributed by atoms with Gasteiger partial charge in [0.25, 0.3) is 0 Å². The molecule has 12 aromatic rings. The number of hydrogen-bond donors (Lipinski definition) is 0. The highest BCUT2D eigenvalue weighted by molar-refractivity contribution is 5.99. The molecule has 3 heteroatoms. The third kappa shape index (κ3) is 6.96. The van der Waals surface area contributed by atoms with Crippen LogP contribution in [0.1, 0.15) is 0 Å². The minimum atomic E-state index is 0.893. The molecule has 0 spiro atoms. The average Bonchev–Trinajstić information content (AvgIpc) is 3.37. The molecule has 0 bridgehead atoms. The summed E-state index contributed by atoms with van der Waals surface area (Å²) in [6, 6.07) is 80.3. The summed E-state index contributed by atoms with van der Waals surface area (Å²) in [5.74, 6) is 0. The van der Waals surface area contributed by atoms with E-state index in [1.54, 1.807) is 0 Å². The Morgan fingerprint density at radius 2 is 0.578 bits per heavy atom. The molecular weight excluding hydrogens is 775 g/mol. The number of nitrogens with zero attached hydrogens (tertiary/aromatic N) is 3. The van der Waals surface area contributed by atoms with Crippen molar-refractivity contribution in [3.63, 3.8) is 0 Å². The van der Waals surface area contributed by atoms with Crippen molar-refractivity contribution >= 4 is 43.1 Å². The number of fused-ring (bicyclic) bond motifs is 4. The molecule has 12 rings (SSSR count). The first-order chi connectivity index (χ1) is 31.7. The molecule has 0 atom stereocenters. The van der Waals surface area contributed by atoms with Crippen LogP contribution >= 0.6 is 0 Å². The Balaban J connectivity index is 1.07. The second-order valence-electron chi connectivity index (χ2n) is 16.5. The van der Waals surface area contributed by atoms with Gasteiger partial charge in [0.15, 0.2) is 0 Å². The molecule has 298 valence electrons. The monoisotopic (exact) mass is 813 g/mol. The van der Waals surface area contributed by atoms with Gasteiger partial charge in [-0.3, -0.25) is 9.97 Å². The van der Waals surface area contributed by atoms with Crippen molar-refractivity contribution in [3.8, 4) is 78.4 Å². The highest BCUT2D eigenvalue weighted by Crippen LogP contribution is 2.39. The summed E-state index contributed by atoms with van der Waals surface area (Å²) in [7, 11) is 0. The molecule has 0 amide bonds. The van der Waals surface area contributed by atoms with Crippen molar-refractivity contribution in [1.82, 2.24) is 15.0 Å². The molecule has 0 fully saturated rings. The maximum atomic E-state index is 5.50. The summed E-state index contributed by atoms with van der Waals surface area (Å²) in [4.78, 5) is 15.5. The van der Waals surface area contributed by atoms with Crippen LogP contribution in [0.5, 0.6) is 0 Å². The van der Waals surface area contributed by atoms with Crippen molar-refractivity contribution in [3.05, 3.63) is 237 Å². The van der Waals surface area contributed by atoms with E-state index < -0.39 is 0 Å². The Morgan fingerprint density at radius 3 is 1.08 bits per heavy atom. The van der Waals surface area contributed by atoms with Gasteiger partial charge in [-0.1, -0.05) is 170 Å². The molecule has 0 saturated heterocycles. The molecule has 0 aliphatic heterocycles. The Morgan fingerprint density at radius 1 is 0.219 bits per heavy atom. The van der Waals surface area contributed by atoms with Crippen LogP contribution in [0.25, 0.3) is 122 Å². The first kappa shape index (κ1) is 37.2. The Hall–Kier alpha value is -8.53. The second kappa shape index (κ2) is 15.7. The van der Waals surface area contributed by atoms with Crippen molar-refractivity contribution < 1.29 is 0 Å². The van der Waals surface area contributed by atoms with E-state index in [0.29, 0.717) is 0 Å². The van der Waals surface area contributed by atoms with Crippen molar-refractivity contribution in [1.29, 1.82) is 0 Å². The summed E-state index contributed by atoms with van der Waals surface area (Å²) in [6.45, 7) is 0. The van der Waals surface area contributed by atoms with Gasteiger partial charge in [-0.05, 0) is 120 Å². The van der Waals surface area contributed by atoms with Gasteiger partial charge in [0.2, 0.25) is 0 Å². The quantitative estimate of drug-likeness (QED) is 0.161. The van der Waals surface area contributed by atoms with Crippen LogP contribution < -0.4 is 0 Å². The van der Waals surface area contributed by atoms with Gasteiger partial charge in [-0.2, -0.15) is 0 Å². The summed E-state index contributed by atoms with van der Waals surface area (Å²) in [5, 5.41) is 9.40. The highest BCUT2D eigenvalue weighted by atomic mass is 14.7. The summed E-state index contributed by atoms with van der Waals surface area (Å²) >= 11 is 0. The van der Waals surface area contributed by atoms with Crippen LogP contribution in [-0.2, 0) is 0 Å². The van der Waals surface area contributed by atoms with Crippen LogP contribution in [0.15, 0.2) is 237 Å². The zero-order valence-corrected chi connectivity index (χ0v) is 34.9. The fraction of sp³-hybridized carbons (Fsp3) is 0. The van der Waals surface area contributed by atoms with Crippen molar-refractivity contribution in [2.75, 3.05) is 0 Å². The first-order valence-corrected chi connectivity index (χ1v) is 21.7. The topological polar surface area (TPSA) is 38.7 Å². The Kier molecular flexibility index (Phi) is 9.16. The molecule has 0 N–H and O–H groups in total. The van der Waals surface area contributed by atoms with Gasteiger partial charge in [-0.15, -0.1) is 0 Å². The molecule has 9 aromatic carbocycles. The lowest BCUT2D eigenvalue weighted by atomic mass is 9.92.